The lowest BCUT2D eigenvalue weighted by Crippen LogP contribution is -2.18. The Bertz CT molecular complexity index is 190. The molecule has 0 aromatic heterocycles. The van der Waals surface area contributed by atoms with Crippen molar-refractivity contribution in [2.45, 2.75) is 52.4 Å². The van der Waals surface area contributed by atoms with Gasteiger partial charge < -0.3 is 0 Å². The first kappa shape index (κ1) is 10.6. The molecular weight excluding hydrogens is 156 g/mol. The largest absolute Gasteiger partial charge is 0.130 e. The maximum atomic E-state index is 3.76. The number of allylic oxidation sites excluding steroid dienone is 1. The Balaban J connectivity index is 2.59. The first-order valence-electron chi connectivity index (χ1n) is 5.66. The average Bonchev–Trinajstić information content (AvgIpc) is 2.20. The van der Waals surface area contributed by atoms with E-state index in [0.717, 1.165) is 11.8 Å². The zero-order valence-electron chi connectivity index (χ0n) is 9.10. The predicted octanol–water partition coefficient (Wildman–Crippen LogP) is 4.32. The van der Waals surface area contributed by atoms with E-state index in [0.29, 0.717) is 0 Å². The number of rotatable bonds is 3. The van der Waals surface area contributed by atoms with Crippen LogP contribution in [0.15, 0.2) is 17.9 Å². The minimum Gasteiger partial charge on any atom is -0.130 e. The second kappa shape index (κ2) is 5.29. The lowest BCUT2D eigenvalue weighted by molar-refractivity contribution is 0.271. The van der Waals surface area contributed by atoms with E-state index in [1.54, 1.807) is 0 Å². The van der Waals surface area contributed by atoms with Gasteiger partial charge in [-0.05, 0) is 43.6 Å². The SMILES string of the molecule is C=C=C(C)[C@@H](CC)C1CCCCC1. The van der Waals surface area contributed by atoms with Crippen molar-refractivity contribution < 1.29 is 0 Å². The zero-order valence-corrected chi connectivity index (χ0v) is 9.10. The van der Waals surface area contributed by atoms with E-state index in [1.165, 1.54) is 44.1 Å². The van der Waals surface area contributed by atoms with E-state index in [4.69, 9.17) is 0 Å². The molecule has 0 radical (unpaired) electrons. The van der Waals surface area contributed by atoms with Gasteiger partial charge in [0.25, 0.3) is 0 Å². The van der Waals surface area contributed by atoms with Crippen molar-refractivity contribution in [2.24, 2.45) is 11.8 Å². The fourth-order valence-corrected chi connectivity index (χ4v) is 2.66. The van der Waals surface area contributed by atoms with Crippen molar-refractivity contribution in [1.29, 1.82) is 0 Å². The van der Waals surface area contributed by atoms with Gasteiger partial charge in [-0.1, -0.05) is 32.8 Å². The predicted molar refractivity (Wildman–Crippen MR) is 58.7 cm³/mol. The standard InChI is InChI=1S/C13H22/c1-4-11(3)13(5-2)12-9-7-6-8-10-12/h12-13H,1,5-10H2,2-3H3/t13-/m1/s1. The average molecular weight is 178 g/mol. The third kappa shape index (κ3) is 2.74. The van der Waals surface area contributed by atoms with E-state index >= 15 is 0 Å². The molecule has 1 fully saturated rings. The summed E-state index contributed by atoms with van der Waals surface area (Å²) in [6, 6.07) is 0. The van der Waals surface area contributed by atoms with E-state index in [-0.39, 0.29) is 0 Å². The second-order valence-corrected chi connectivity index (χ2v) is 4.27. The van der Waals surface area contributed by atoms with Crippen molar-refractivity contribution >= 4 is 0 Å². The van der Waals surface area contributed by atoms with Crippen LogP contribution < -0.4 is 0 Å². The summed E-state index contributed by atoms with van der Waals surface area (Å²) in [4.78, 5) is 0. The van der Waals surface area contributed by atoms with Crippen LogP contribution in [0.2, 0.25) is 0 Å². The molecule has 74 valence electrons. The lowest BCUT2D eigenvalue weighted by atomic mass is 9.76. The molecule has 1 atom stereocenters. The summed E-state index contributed by atoms with van der Waals surface area (Å²) < 4.78 is 0. The first-order chi connectivity index (χ1) is 6.29. The quantitative estimate of drug-likeness (QED) is 0.564. The minimum absolute atomic E-state index is 0.762. The Labute approximate surface area is 82.7 Å². The Morgan fingerprint density at radius 2 is 2.00 bits per heavy atom. The summed E-state index contributed by atoms with van der Waals surface area (Å²) in [6.07, 6.45) is 8.44. The van der Waals surface area contributed by atoms with Crippen LogP contribution in [0.4, 0.5) is 0 Å². The summed E-state index contributed by atoms with van der Waals surface area (Å²) >= 11 is 0. The van der Waals surface area contributed by atoms with E-state index in [1.807, 2.05) is 0 Å². The Hall–Kier alpha value is -0.480. The lowest BCUT2D eigenvalue weighted by Gasteiger charge is -2.29. The first-order valence-corrected chi connectivity index (χ1v) is 5.66. The summed E-state index contributed by atoms with van der Waals surface area (Å²) in [5.41, 5.74) is 4.46. The molecule has 0 bridgehead atoms. The summed E-state index contributed by atoms with van der Waals surface area (Å²) in [6.45, 7) is 8.24. The molecule has 0 spiro atoms. The number of hydrogen-bond acceptors (Lipinski definition) is 0. The van der Waals surface area contributed by atoms with Gasteiger partial charge in [0, 0.05) is 0 Å². The highest BCUT2D eigenvalue weighted by Gasteiger charge is 2.22. The molecule has 0 N–H and O–H groups in total. The maximum Gasteiger partial charge on any atom is -0.0104 e. The molecular formula is C13H22. The fraction of sp³-hybridized carbons (Fsp3) is 0.769. The van der Waals surface area contributed by atoms with Gasteiger partial charge in [0.15, 0.2) is 0 Å². The van der Waals surface area contributed by atoms with Gasteiger partial charge in [0.05, 0.1) is 0 Å². The second-order valence-electron chi connectivity index (χ2n) is 4.27. The molecule has 13 heavy (non-hydrogen) atoms. The van der Waals surface area contributed by atoms with Gasteiger partial charge in [0.2, 0.25) is 0 Å². The van der Waals surface area contributed by atoms with Crippen molar-refractivity contribution in [3.63, 3.8) is 0 Å². The summed E-state index contributed by atoms with van der Waals surface area (Å²) in [5.74, 6) is 1.69. The molecule has 0 amide bonds. The fourth-order valence-electron chi connectivity index (χ4n) is 2.66. The normalized spacial score (nSPS) is 20.8. The highest BCUT2D eigenvalue weighted by molar-refractivity contribution is 5.02. The monoisotopic (exact) mass is 178 g/mol. The van der Waals surface area contributed by atoms with Crippen LogP contribution in [0, 0.1) is 11.8 Å². The van der Waals surface area contributed by atoms with E-state index in [2.05, 4.69) is 26.2 Å². The molecule has 1 rings (SSSR count). The van der Waals surface area contributed by atoms with E-state index < -0.39 is 0 Å². The maximum absolute atomic E-state index is 3.76. The molecule has 0 heterocycles. The summed E-state index contributed by atoms with van der Waals surface area (Å²) in [5, 5.41) is 0. The Morgan fingerprint density at radius 3 is 2.46 bits per heavy atom. The van der Waals surface area contributed by atoms with Crippen LogP contribution in [-0.2, 0) is 0 Å². The third-order valence-corrected chi connectivity index (χ3v) is 3.49. The van der Waals surface area contributed by atoms with Gasteiger partial charge >= 0.3 is 0 Å². The van der Waals surface area contributed by atoms with Gasteiger partial charge in [-0.3, -0.25) is 0 Å². The number of hydrogen-bond donors (Lipinski definition) is 0. The highest BCUT2D eigenvalue weighted by atomic mass is 14.3. The molecule has 0 aliphatic heterocycles. The van der Waals surface area contributed by atoms with Crippen molar-refractivity contribution in [3.8, 4) is 0 Å². The van der Waals surface area contributed by atoms with E-state index in [9.17, 15) is 0 Å². The van der Waals surface area contributed by atoms with Crippen molar-refractivity contribution in [3.05, 3.63) is 17.9 Å². The van der Waals surface area contributed by atoms with Crippen LogP contribution >= 0.6 is 0 Å². The van der Waals surface area contributed by atoms with Crippen LogP contribution in [0.25, 0.3) is 0 Å². The van der Waals surface area contributed by atoms with Crippen molar-refractivity contribution in [1.82, 2.24) is 0 Å². The molecule has 1 aliphatic rings. The molecule has 0 unspecified atom stereocenters. The van der Waals surface area contributed by atoms with Gasteiger partial charge in [-0.25, -0.2) is 0 Å². The van der Waals surface area contributed by atoms with Crippen molar-refractivity contribution in [2.75, 3.05) is 0 Å². The zero-order chi connectivity index (χ0) is 9.68. The van der Waals surface area contributed by atoms with Crippen LogP contribution in [-0.4, -0.2) is 0 Å². The van der Waals surface area contributed by atoms with Crippen LogP contribution in [0.3, 0.4) is 0 Å². The molecule has 0 aromatic carbocycles. The molecule has 0 heteroatoms. The molecule has 0 saturated heterocycles. The minimum atomic E-state index is 0.762. The smallest absolute Gasteiger partial charge is 0.0104 e. The Morgan fingerprint density at radius 1 is 1.38 bits per heavy atom. The Kier molecular flexibility index (Phi) is 4.32. The van der Waals surface area contributed by atoms with Gasteiger partial charge in [-0.2, -0.15) is 0 Å². The molecule has 1 aliphatic carbocycles. The van der Waals surface area contributed by atoms with Crippen LogP contribution in [0.1, 0.15) is 52.4 Å². The molecule has 0 nitrogen and oxygen atoms in total. The third-order valence-electron chi connectivity index (χ3n) is 3.49. The topological polar surface area (TPSA) is 0 Å². The summed E-state index contributed by atoms with van der Waals surface area (Å²) in [7, 11) is 0. The van der Waals surface area contributed by atoms with Crippen LogP contribution in [0.5, 0.6) is 0 Å². The molecule has 0 aromatic rings. The van der Waals surface area contributed by atoms with Gasteiger partial charge in [0.1, 0.15) is 0 Å². The van der Waals surface area contributed by atoms with Gasteiger partial charge in [-0.15, -0.1) is 5.73 Å². The molecule has 1 saturated carbocycles. The highest BCUT2D eigenvalue weighted by Crippen LogP contribution is 2.35.